The van der Waals surface area contributed by atoms with E-state index < -0.39 is 0 Å². The molecule has 1 aromatic carbocycles. The average Bonchev–Trinajstić information content (AvgIpc) is 2.92. The van der Waals surface area contributed by atoms with Crippen LogP contribution in [-0.2, 0) is 11.3 Å². The molecule has 22 heavy (non-hydrogen) atoms. The van der Waals surface area contributed by atoms with E-state index in [1.54, 1.807) is 17.0 Å². The Labute approximate surface area is 129 Å². The van der Waals surface area contributed by atoms with Crippen LogP contribution in [0.4, 0.5) is 5.88 Å². The molecule has 5 nitrogen and oxygen atoms in total. The number of rotatable bonds is 5. The molecule has 0 unspecified atom stereocenters. The van der Waals surface area contributed by atoms with Crippen molar-refractivity contribution in [2.24, 2.45) is 0 Å². The Balaban J connectivity index is 2.16. The standard InChI is InChI=1S/C17H20N2O3/c1-12(2)19(11-14-7-5-4-6-8-14)17(21)15-9-10-16(22-15)18-13(3)20/h4-10,12H,11H2,1-3H3,(H,18,20). The average molecular weight is 300 g/mol. The lowest BCUT2D eigenvalue weighted by Gasteiger charge is -2.26. The second-order valence-corrected chi connectivity index (χ2v) is 5.36. The fraction of sp³-hybridized carbons (Fsp3) is 0.294. The van der Waals surface area contributed by atoms with Crippen LogP contribution in [0.25, 0.3) is 0 Å². The van der Waals surface area contributed by atoms with Crippen molar-refractivity contribution < 1.29 is 14.0 Å². The number of furan rings is 1. The highest BCUT2D eigenvalue weighted by atomic mass is 16.4. The van der Waals surface area contributed by atoms with E-state index in [1.165, 1.54) is 6.92 Å². The third kappa shape index (κ3) is 3.97. The number of amides is 2. The molecule has 1 heterocycles. The Hall–Kier alpha value is -2.56. The van der Waals surface area contributed by atoms with Gasteiger partial charge in [-0.05, 0) is 25.5 Å². The van der Waals surface area contributed by atoms with Crippen molar-refractivity contribution in [1.82, 2.24) is 4.90 Å². The number of nitrogens with zero attached hydrogens (tertiary/aromatic N) is 1. The van der Waals surface area contributed by atoms with Crippen molar-refractivity contribution in [2.45, 2.75) is 33.4 Å². The van der Waals surface area contributed by atoms with Gasteiger partial charge in [-0.15, -0.1) is 0 Å². The minimum atomic E-state index is -0.238. The molecule has 2 rings (SSSR count). The van der Waals surface area contributed by atoms with Crippen molar-refractivity contribution in [2.75, 3.05) is 5.32 Å². The first kappa shape index (κ1) is 15.8. The van der Waals surface area contributed by atoms with Crippen LogP contribution in [0.2, 0.25) is 0 Å². The van der Waals surface area contributed by atoms with E-state index in [0.717, 1.165) is 5.56 Å². The number of nitrogens with one attached hydrogen (secondary N) is 1. The lowest BCUT2D eigenvalue weighted by molar-refractivity contribution is -0.114. The van der Waals surface area contributed by atoms with Gasteiger partial charge in [-0.2, -0.15) is 0 Å². The van der Waals surface area contributed by atoms with Crippen LogP contribution in [0.15, 0.2) is 46.9 Å². The first-order valence-corrected chi connectivity index (χ1v) is 7.19. The summed E-state index contributed by atoms with van der Waals surface area (Å²) in [5.41, 5.74) is 1.05. The highest BCUT2D eigenvalue weighted by Gasteiger charge is 2.22. The second-order valence-electron chi connectivity index (χ2n) is 5.36. The van der Waals surface area contributed by atoms with Crippen LogP contribution < -0.4 is 5.32 Å². The SMILES string of the molecule is CC(=O)Nc1ccc(C(=O)N(Cc2ccccc2)C(C)C)o1. The Morgan fingerprint density at radius 1 is 1.14 bits per heavy atom. The maximum atomic E-state index is 12.6. The molecule has 0 aliphatic carbocycles. The molecule has 1 N–H and O–H groups in total. The molecule has 0 radical (unpaired) electrons. The third-order valence-corrected chi connectivity index (χ3v) is 3.20. The summed E-state index contributed by atoms with van der Waals surface area (Å²) in [5.74, 6) is 0.0569. The van der Waals surface area contributed by atoms with Gasteiger partial charge in [0.25, 0.3) is 5.91 Å². The van der Waals surface area contributed by atoms with Crippen LogP contribution in [0.1, 0.15) is 36.9 Å². The maximum absolute atomic E-state index is 12.6. The van der Waals surface area contributed by atoms with E-state index in [4.69, 9.17) is 4.42 Å². The zero-order valence-corrected chi connectivity index (χ0v) is 13.0. The number of hydrogen-bond donors (Lipinski definition) is 1. The molecule has 0 aliphatic rings. The van der Waals surface area contributed by atoms with E-state index in [2.05, 4.69) is 5.32 Å². The van der Waals surface area contributed by atoms with Crippen LogP contribution in [0.3, 0.4) is 0 Å². The minimum Gasteiger partial charge on any atom is -0.435 e. The predicted octanol–water partition coefficient (Wildman–Crippen LogP) is 3.29. The van der Waals surface area contributed by atoms with Crippen LogP contribution in [0, 0.1) is 0 Å². The molecule has 0 saturated heterocycles. The summed E-state index contributed by atoms with van der Waals surface area (Å²) in [7, 11) is 0. The summed E-state index contributed by atoms with van der Waals surface area (Å²) in [4.78, 5) is 25.3. The van der Waals surface area contributed by atoms with Gasteiger partial charge in [0.1, 0.15) is 0 Å². The zero-order chi connectivity index (χ0) is 16.1. The first-order chi connectivity index (χ1) is 10.5. The molecule has 2 aromatic rings. The molecular weight excluding hydrogens is 280 g/mol. The van der Waals surface area contributed by atoms with Crippen molar-refractivity contribution >= 4 is 17.7 Å². The summed E-state index contributed by atoms with van der Waals surface area (Å²) in [6, 6.07) is 13.0. The summed E-state index contributed by atoms with van der Waals surface area (Å²) in [6.45, 7) is 5.81. The summed E-state index contributed by atoms with van der Waals surface area (Å²) in [6.07, 6.45) is 0. The fourth-order valence-electron chi connectivity index (χ4n) is 2.10. The maximum Gasteiger partial charge on any atom is 0.290 e. The molecule has 0 saturated carbocycles. The first-order valence-electron chi connectivity index (χ1n) is 7.19. The molecule has 0 spiro atoms. The van der Waals surface area contributed by atoms with Crippen molar-refractivity contribution in [3.63, 3.8) is 0 Å². The highest BCUT2D eigenvalue weighted by molar-refractivity contribution is 5.93. The summed E-state index contributed by atoms with van der Waals surface area (Å²) in [5, 5.41) is 2.52. The van der Waals surface area contributed by atoms with Gasteiger partial charge in [0, 0.05) is 25.6 Å². The number of carbonyl (C=O) groups is 2. The van der Waals surface area contributed by atoms with Gasteiger partial charge in [-0.25, -0.2) is 0 Å². The fourth-order valence-corrected chi connectivity index (χ4v) is 2.10. The van der Waals surface area contributed by atoms with E-state index in [-0.39, 0.29) is 29.5 Å². The number of anilines is 1. The topological polar surface area (TPSA) is 62.6 Å². The Morgan fingerprint density at radius 3 is 2.41 bits per heavy atom. The lowest BCUT2D eigenvalue weighted by atomic mass is 10.2. The number of hydrogen-bond acceptors (Lipinski definition) is 3. The van der Waals surface area contributed by atoms with Gasteiger partial charge in [0.05, 0.1) is 0 Å². The Bertz CT molecular complexity index is 647. The quantitative estimate of drug-likeness (QED) is 0.921. The van der Waals surface area contributed by atoms with Crippen molar-refractivity contribution in [1.29, 1.82) is 0 Å². The smallest absolute Gasteiger partial charge is 0.290 e. The highest BCUT2D eigenvalue weighted by Crippen LogP contribution is 2.18. The van der Waals surface area contributed by atoms with E-state index in [1.807, 2.05) is 44.2 Å². The second kappa shape index (κ2) is 6.93. The monoisotopic (exact) mass is 300 g/mol. The van der Waals surface area contributed by atoms with Crippen LogP contribution >= 0.6 is 0 Å². The minimum absolute atomic E-state index is 0.0297. The number of carbonyl (C=O) groups excluding carboxylic acids is 2. The molecule has 0 atom stereocenters. The van der Waals surface area contributed by atoms with Gasteiger partial charge in [-0.3, -0.25) is 14.9 Å². The Morgan fingerprint density at radius 2 is 1.82 bits per heavy atom. The molecule has 2 amide bonds. The van der Waals surface area contributed by atoms with E-state index >= 15 is 0 Å². The normalized spacial score (nSPS) is 10.5. The van der Waals surface area contributed by atoms with Gasteiger partial charge in [-0.1, -0.05) is 30.3 Å². The van der Waals surface area contributed by atoms with Gasteiger partial charge in [0.15, 0.2) is 11.6 Å². The molecule has 0 bridgehead atoms. The van der Waals surface area contributed by atoms with Crippen LogP contribution in [-0.4, -0.2) is 22.8 Å². The zero-order valence-electron chi connectivity index (χ0n) is 13.0. The van der Waals surface area contributed by atoms with Gasteiger partial charge >= 0.3 is 0 Å². The lowest BCUT2D eigenvalue weighted by Crippen LogP contribution is -2.36. The molecule has 0 fully saturated rings. The molecule has 5 heteroatoms. The third-order valence-electron chi connectivity index (χ3n) is 3.20. The van der Waals surface area contributed by atoms with Crippen molar-refractivity contribution in [3.05, 3.63) is 53.8 Å². The largest absolute Gasteiger partial charge is 0.435 e. The van der Waals surface area contributed by atoms with Gasteiger partial charge in [0.2, 0.25) is 5.91 Å². The van der Waals surface area contributed by atoms with Crippen LogP contribution in [0.5, 0.6) is 0 Å². The molecule has 0 aliphatic heterocycles. The molecule has 1 aromatic heterocycles. The molecular formula is C17H20N2O3. The van der Waals surface area contributed by atoms with E-state index in [0.29, 0.717) is 6.54 Å². The number of benzene rings is 1. The Kier molecular flexibility index (Phi) is 4.99. The van der Waals surface area contributed by atoms with Crippen molar-refractivity contribution in [3.8, 4) is 0 Å². The molecule has 116 valence electrons. The summed E-state index contributed by atoms with van der Waals surface area (Å²) >= 11 is 0. The van der Waals surface area contributed by atoms with E-state index in [9.17, 15) is 9.59 Å². The predicted molar refractivity (Wildman–Crippen MR) is 84.5 cm³/mol. The van der Waals surface area contributed by atoms with Gasteiger partial charge < -0.3 is 9.32 Å². The summed E-state index contributed by atoms with van der Waals surface area (Å²) < 4.78 is 5.40.